The molecule has 3 heterocycles. The Kier molecular flexibility index (Phi) is 6.62. The van der Waals surface area contributed by atoms with E-state index < -0.39 is 40.2 Å². The maximum atomic E-state index is 12.5. The number of hydrogen-bond acceptors (Lipinski definition) is 8. The summed E-state index contributed by atoms with van der Waals surface area (Å²) in [5.74, 6) is -1.35. The van der Waals surface area contributed by atoms with Crippen molar-refractivity contribution in [2.24, 2.45) is 0 Å². The van der Waals surface area contributed by atoms with E-state index >= 15 is 0 Å². The third-order valence-corrected chi connectivity index (χ3v) is 5.39. The summed E-state index contributed by atoms with van der Waals surface area (Å²) in [5.41, 5.74) is 8.29. The van der Waals surface area contributed by atoms with Crippen LogP contribution in [0.25, 0.3) is 5.73 Å². The molecule has 164 valence electrons. The predicted molar refractivity (Wildman–Crippen MR) is 98.2 cm³/mol. The molecule has 1 unspecified atom stereocenters. The molecule has 2 fully saturated rings. The first-order valence-electron chi connectivity index (χ1n) is 9.06. The van der Waals surface area contributed by atoms with Gasteiger partial charge in [-0.15, -0.1) is 4.28 Å². The Morgan fingerprint density at radius 1 is 1.35 bits per heavy atom. The molecule has 2 saturated heterocycles. The van der Waals surface area contributed by atoms with Gasteiger partial charge in [-0.2, -0.15) is 13.5 Å². The van der Waals surface area contributed by atoms with Gasteiger partial charge in [-0.05, 0) is 37.1 Å². The molecular formula is C17H20N3NaO9S. The third-order valence-electron chi connectivity index (χ3n) is 5.04. The van der Waals surface area contributed by atoms with E-state index in [1.165, 1.54) is 0 Å². The van der Waals surface area contributed by atoms with Gasteiger partial charge >= 0.3 is 46.0 Å². The van der Waals surface area contributed by atoms with Crippen LogP contribution in [0.4, 0.5) is 4.79 Å². The third kappa shape index (κ3) is 4.83. The molecule has 3 aliphatic rings. The fourth-order valence-corrected chi connectivity index (χ4v) is 4.26. The van der Waals surface area contributed by atoms with Gasteiger partial charge in [-0.25, -0.2) is 4.79 Å². The van der Waals surface area contributed by atoms with Crippen molar-refractivity contribution in [3.63, 3.8) is 0 Å². The van der Waals surface area contributed by atoms with Crippen LogP contribution in [0.1, 0.15) is 37.1 Å². The number of hydroxylamine groups is 2. The van der Waals surface area contributed by atoms with Crippen molar-refractivity contribution in [1.29, 1.82) is 0 Å². The van der Waals surface area contributed by atoms with Crippen LogP contribution in [0.3, 0.4) is 0 Å². The molecule has 1 aromatic rings. The van der Waals surface area contributed by atoms with Crippen molar-refractivity contribution in [3.8, 4) is 5.75 Å². The summed E-state index contributed by atoms with van der Waals surface area (Å²) >= 11 is 0. The molecule has 0 aromatic heterocycles. The number of fused-ring (bicyclic) bond motifs is 4. The van der Waals surface area contributed by atoms with Gasteiger partial charge in [0, 0.05) is 0 Å². The molecule has 31 heavy (non-hydrogen) atoms. The van der Waals surface area contributed by atoms with E-state index in [0.29, 0.717) is 28.5 Å². The van der Waals surface area contributed by atoms with Gasteiger partial charge in [0.25, 0.3) is 0 Å². The van der Waals surface area contributed by atoms with Crippen LogP contribution in [0.15, 0.2) is 18.2 Å². The van der Waals surface area contributed by atoms with E-state index in [4.69, 9.17) is 24.5 Å². The number of benzene rings is 1. The average molecular weight is 465 g/mol. The molecule has 3 amide bonds. The summed E-state index contributed by atoms with van der Waals surface area (Å²) in [4.78, 5) is 25.5. The van der Waals surface area contributed by atoms with Crippen molar-refractivity contribution >= 4 is 22.3 Å². The Hall–Kier alpha value is -1.45. The molecule has 3 atom stereocenters. The molecule has 0 saturated carbocycles. The van der Waals surface area contributed by atoms with Crippen molar-refractivity contribution in [1.82, 2.24) is 9.96 Å². The largest absolute Gasteiger partial charge is 1.00 e. The van der Waals surface area contributed by atoms with Crippen LogP contribution in [-0.2, 0) is 29.0 Å². The first kappa shape index (κ1) is 24.2. The number of nitrogens with zero attached hydrogens (tertiary/aromatic N) is 2. The minimum absolute atomic E-state index is 0. The maximum absolute atomic E-state index is 12.5. The fraction of sp³-hybridized carbons (Fsp3) is 0.529. The van der Waals surface area contributed by atoms with E-state index in [1.54, 1.807) is 32.0 Å². The van der Waals surface area contributed by atoms with Gasteiger partial charge in [0.2, 0.25) is 0 Å². The normalized spacial score (nSPS) is 26.4. The van der Waals surface area contributed by atoms with Crippen molar-refractivity contribution in [2.75, 3.05) is 19.8 Å². The number of nitrogens with one attached hydrogen (secondary N) is 1. The quantitative estimate of drug-likeness (QED) is 0.385. The van der Waals surface area contributed by atoms with Gasteiger partial charge < -0.3 is 29.6 Å². The molecule has 4 rings (SSSR count). The summed E-state index contributed by atoms with van der Waals surface area (Å²) in [7, 11) is -4.98. The Morgan fingerprint density at radius 3 is 2.65 bits per heavy atom. The molecule has 0 aliphatic carbocycles. The summed E-state index contributed by atoms with van der Waals surface area (Å²) < 4.78 is 52.7. The van der Waals surface area contributed by atoms with Crippen molar-refractivity contribution in [3.05, 3.63) is 35.1 Å². The minimum atomic E-state index is -4.98. The number of hydrogen-bond donors (Lipinski definition) is 1. The summed E-state index contributed by atoms with van der Waals surface area (Å²) in [5, 5.41) is 0.483. The van der Waals surface area contributed by atoms with Crippen molar-refractivity contribution in [2.45, 2.75) is 37.8 Å². The first-order chi connectivity index (χ1) is 14.0. The van der Waals surface area contributed by atoms with E-state index in [1.807, 2.05) is 0 Å². The van der Waals surface area contributed by atoms with Crippen LogP contribution in [0.2, 0.25) is 0 Å². The number of carbonyl (C=O) groups is 2. The van der Waals surface area contributed by atoms with E-state index in [-0.39, 0.29) is 48.8 Å². The van der Waals surface area contributed by atoms with Crippen molar-refractivity contribution < 1.29 is 70.6 Å². The van der Waals surface area contributed by atoms with E-state index in [0.717, 1.165) is 4.90 Å². The summed E-state index contributed by atoms with van der Waals surface area (Å²) in [6.07, 6.45) is -0.290. The van der Waals surface area contributed by atoms with Crippen LogP contribution in [0, 0.1) is 0 Å². The standard InChI is InChI=1S/C17H21N3O9S.Na/c1-17(2)27-8-10(28-17)7-26-9-3-4-11-12(5-9)13-6-19(14(11)15(18)21)16(22)20(13)29-30(23,24)25;/h3-5,10,13-14H,6-8H2,1-2H3,(H3,18,21,23,24,25);/q;+1/p-1/t10?,13-,14+;/m0./s1. The topological polar surface area (TPSA) is 156 Å². The molecule has 3 aliphatic heterocycles. The van der Waals surface area contributed by atoms with Gasteiger partial charge in [0.05, 0.1) is 19.1 Å². The zero-order chi connectivity index (χ0) is 21.8. The van der Waals surface area contributed by atoms with E-state index in [9.17, 15) is 18.0 Å². The smallest absolute Gasteiger partial charge is 0.666 e. The van der Waals surface area contributed by atoms with E-state index in [2.05, 4.69) is 4.28 Å². The van der Waals surface area contributed by atoms with Crippen LogP contribution >= 0.6 is 0 Å². The fourth-order valence-electron chi connectivity index (χ4n) is 3.89. The Morgan fingerprint density at radius 2 is 2.06 bits per heavy atom. The average Bonchev–Trinajstić information content (AvgIpc) is 3.11. The predicted octanol–water partition coefficient (Wildman–Crippen LogP) is -1.63. The zero-order valence-corrected chi connectivity index (χ0v) is 19.9. The number of ether oxygens (including phenoxy) is 3. The molecule has 14 heteroatoms. The first-order valence-corrected chi connectivity index (χ1v) is 10.4. The second-order valence-corrected chi connectivity index (χ2v) is 8.60. The molecule has 2 N–H and O–H groups in total. The zero-order valence-electron chi connectivity index (χ0n) is 17.1. The van der Waals surface area contributed by atoms with Gasteiger partial charge in [-0.1, -0.05) is 6.07 Å². The Bertz CT molecular complexity index is 1000. The van der Waals surface area contributed by atoms with Crippen LogP contribution < -0.4 is 34.3 Å². The number of rotatable bonds is 6. The molecule has 2 bridgehead atoms. The minimum Gasteiger partial charge on any atom is -0.666 e. The second-order valence-electron chi connectivity index (χ2n) is 7.60. The summed E-state index contributed by atoms with van der Waals surface area (Å²) in [6.45, 7) is 4.03. The molecule has 12 nitrogen and oxygen atoms in total. The SMILES string of the molecule is CC1(C)OCC(COc2ccc3c(c2)[C@@H]2CN(C(=O)N2OS(=O)(=O)O)[C@H]3C([NH-])=O)O1.[Na+]. The Balaban J connectivity index is 0.00000272. The molecule has 0 radical (unpaired) electrons. The number of amides is 3. The van der Waals surface area contributed by atoms with Crippen LogP contribution in [-0.4, -0.2) is 66.5 Å². The summed E-state index contributed by atoms with van der Waals surface area (Å²) in [6, 6.07) is 1.59. The monoisotopic (exact) mass is 465 g/mol. The number of urea groups is 1. The molecule has 1 aromatic carbocycles. The van der Waals surface area contributed by atoms with Crippen LogP contribution in [0.5, 0.6) is 5.75 Å². The number of carbonyl (C=O) groups excluding carboxylic acids is 2. The Labute approximate surface area is 200 Å². The second kappa shape index (κ2) is 8.48. The van der Waals surface area contributed by atoms with Gasteiger partial charge in [-0.3, -0.25) is 4.55 Å². The van der Waals surface area contributed by atoms with Gasteiger partial charge in [0.15, 0.2) is 5.79 Å². The molecular weight excluding hydrogens is 445 g/mol. The maximum Gasteiger partial charge on any atom is 1.00 e. The van der Waals surface area contributed by atoms with Gasteiger partial charge in [0.1, 0.15) is 30.5 Å². The molecule has 0 spiro atoms.